The van der Waals surface area contributed by atoms with Crippen molar-refractivity contribution in [3.8, 4) is 22.5 Å². The Hall–Kier alpha value is -3.97. The number of nitrogens with one attached hydrogen (secondary N) is 3. The summed E-state index contributed by atoms with van der Waals surface area (Å²) in [6.07, 6.45) is 9.72. The maximum absolute atomic E-state index is 4.99. The lowest BCUT2D eigenvalue weighted by Gasteiger charge is -2.12. The number of aromatic nitrogens is 5. The number of thiophene rings is 1. The Balaban J connectivity index is 1.59. The second-order valence-electron chi connectivity index (χ2n) is 8.36. The molecular weight excluding hydrogens is 440 g/mol. The van der Waals surface area contributed by atoms with Crippen LogP contribution < -0.4 is 5.32 Å². The first-order chi connectivity index (χ1) is 16.6. The summed E-state index contributed by atoms with van der Waals surface area (Å²) in [5, 5.41) is 16.5. The van der Waals surface area contributed by atoms with Gasteiger partial charge in [0, 0.05) is 28.9 Å². The number of hydrogen-bond acceptors (Lipinski definition) is 5. The minimum Gasteiger partial charge on any atom is -0.383 e. The van der Waals surface area contributed by atoms with E-state index in [0.717, 1.165) is 55.9 Å². The Bertz CT molecular complexity index is 1530. The predicted molar refractivity (Wildman–Crippen MR) is 142 cm³/mol. The average molecular weight is 467 g/mol. The van der Waals surface area contributed by atoms with Crippen LogP contribution in [0.3, 0.4) is 0 Å². The number of H-pyrrole nitrogens is 2. The lowest BCUT2D eigenvalue weighted by molar-refractivity contribution is 0.682. The molecule has 0 spiro atoms. The van der Waals surface area contributed by atoms with Gasteiger partial charge in [0.1, 0.15) is 11.2 Å². The van der Waals surface area contributed by atoms with Crippen molar-refractivity contribution in [1.29, 1.82) is 0 Å². The molecule has 7 heteroatoms. The van der Waals surface area contributed by atoms with Crippen molar-refractivity contribution >= 4 is 38.8 Å². The second-order valence-corrected chi connectivity index (χ2v) is 9.14. The zero-order chi connectivity index (χ0) is 23.7. The summed E-state index contributed by atoms with van der Waals surface area (Å²) in [7, 11) is 0. The van der Waals surface area contributed by atoms with Crippen molar-refractivity contribution in [3.63, 3.8) is 0 Å². The van der Waals surface area contributed by atoms with E-state index in [9.17, 15) is 0 Å². The Morgan fingerprint density at radius 1 is 1.18 bits per heavy atom. The van der Waals surface area contributed by atoms with E-state index in [1.54, 1.807) is 11.3 Å². The van der Waals surface area contributed by atoms with E-state index in [0.29, 0.717) is 6.04 Å². The molecule has 6 nitrogen and oxygen atoms in total. The highest BCUT2D eigenvalue weighted by Gasteiger charge is 2.16. The van der Waals surface area contributed by atoms with Gasteiger partial charge in [0.2, 0.25) is 0 Å². The van der Waals surface area contributed by atoms with Gasteiger partial charge < -0.3 is 10.3 Å². The van der Waals surface area contributed by atoms with Gasteiger partial charge in [0.25, 0.3) is 0 Å². The Labute approximate surface area is 202 Å². The summed E-state index contributed by atoms with van der Waals surface area (Å²) in [5.41, 5.74) is 9.48. The molecule has 170 valence electrons. The standard InChI is InChI=1S/C27H26N6S/c1-5-17(11-19(6-2)29-16(3)4)22-7-8-23-26(31-22)27(33-32-23)24-12-20-21(18-9-10-34-15-18)13-28-14-25(20)30-24/h5-16,29-30H,2H2,1,3-4H3,(H,32,33)/b17-5+,19-11+. The molecular formula is C27H26N6S. The smallest absolute Gasteiger partial charge is 0.135 e. The molecule has 5 aromatic heterocycles. The summed E-state index contributed by atoms with van der Waals surface area (Å²) in [6, 6.07) is 8.59. The Kier molecular flexibility index (Phi) is 5.86. The van der Waals surface area contributed by atoms with E-state index in [2.05, 4.69) is 81.0 Å². The molecule has 0 aliphatic heterocycles. The van der Waals surface area contributed by atoms with Gasteiger partial charge in [-0.05, 0) is 79.1 Å². The molecule has 0 aromatic carbocycles. The fourth-order valence-electron chi connectivity index (χ4n) is 4.04. The van der Waals surface area contributed by atoms with Crippen LogP contribution >= 0.6 is 11.3 Å². The first-order valence-corrected chi connectivity index (χ1v) is 12.1. The maximum Gasteiger partial charge on any atom is 0.135 e. The average Bonchev–Trinajstić information content (AvgIpc) is 3.59. The fourth-order valence-corrected chi connectivity index (χ4v) is 4.70. The van der Waals surface area contributed by atoms with Crippen molar-refractivity contribution in [2.45, 2.75) is 26.8 Å². The van der Waals surface area contributed by atoms with Crippen LogP contribution in [0, 0.1) is 0 Å². The first-order valence-electron chi connectivity index (χ1n) is 11.2. The summed E-state index contributed by atoms with van der Waals surface area (Å²) in [4.78, 5) is 12.9. The molecule has 3 N–H and O–H groups in total. The normalized spacial score (nSPS) is 12.7. The van der Waals surface area contributed by atoms with Gasteiger partial charge in [-0.25, -0.2) is 4.98 Å². The summed E-state index contributed by atoms with van der Waals surface area (Å²) >= 11 is 1.68. The number of pyridine rings is 2. The first kappa shape index (κ1) is 21.9. The van der Waals surface area contributed by atoms with Crippen LogP contribution in [-0.4, -0.2) is 31.2 Å². The number of allylic oxidation sites excluding steroid dienone is 4. The summed E-state index contributed by atoms with van der Waals surface area (Å²) in [5.74, 6) is 0. The van der Waals surface area contributed by atoms with Crippen LogP contribution in [0.2, 0.25) is 0 Å². The van der Waals surface area contributed by atoms with Crippen molar-refractivity contribution < 1.29 is 0 Å². The highest BCUT2D eigenvalue weighted by atomic mass is 32.1. The summed E-state index contributed by atoms with van der Waals surface area (Å²) in [6.45, 7) is 10.2. The molecule has 0 amide bonds. The van der Waals surface area contributed by atoms with E-state index >= 15 is 0 Å². The van der Waals surface area contributed by atoms with Gasteiger partial charge in [0.15, 0.2) is 0 Å². The highest BCUT2D eigenvalue weighted by molar-refractivity contribution is 7.08. The van der Waals surface area contributed by atoms with Crippen molar-refractivity contribution in [2.75, 3.05) is 0 Å². The zero-order valence-corrected chi connectivity index (χ0v) is 20.2. The molecule has 0 aliphatic carbocycles. The Morgan fingerprint density at radius 2 is 2.06 bits per heavy atom. The van der Waals surface area contributed by atoms with E-state index in [1.165, 1.54) is 5.56 Å². The van der Waals surface area contributed by atoms with Crippen LogP contribution in [-0.2, 0) is 0 Å². The molecule has 5 heterocycles. The molecule has 0 fully saturated rings. The van der Waals surface area contributed by atoms with Gasteiger partial charge in [-0.3, -0.25) is 10.1 Å². The van der Waals surface area contributed by atoms with E-state index < -0.39 is 0 Å². The third-order valence-corrected chi connectivity index (χ3v) is 6.32. The monoisotopic (exact) mass is 466 g/mol. The minimum absolute atomic E-state index is 0.314. The van der Waals surface area contributed by atoms with Gasteiger partial charge in [0.05, 0.1) is 28.6 Å². The Morgan fingerprint density at radius 3 is 2.79 bits per heavy atom. The molecule has 0 atom stereocenters. The lowest BCUT2D eigenvalue weighted by Crippen LogP contribution is -2.20. The van der Waals surface area contributed by atoms with Crippen molar-refractivity contribution in [1.82, 2.24) is 30.5 Å². The highest BCUT2D eigenvalue weighted by Crippen LogP contribution is 2.34. The summed E-state index contributed by atoms with van der Waals surface area (Å²) < 4.78 is 0. The third-order valence-electron chi connectivity index (χ3n) is 5.63. The number of fused-ring (bicyclic) bond motifs is 2. The van der Waals surface area contributed by atoms with Crippen molar-refractivity contribution in [2.24, 2.45) is 0 Å². The molecule has 5 aromatic rings. The molecule has 0 saturated heterocycles. The number of aromatic amines is 2. The molecule has 0 aliphatic rings. The van der Waals surface area contributed by atoms with Crippen LogP contribution in [0.15, 0.2) is 77.9 Å². The molecule has 0 radical (unpaired) electrons. The van der Waals surface area contributed by atoms with Gasteiger partial charge in [-0.15, -0.1) is 0 Å². The largest absolute Gasteiger partial charge is 0.383 e. The van der Waals surface area contributed by atoms with Crippen LogP contribution in [0.1, 0.15) is 26.5 Å². The van der Waals surface area contributed by atoms with Crippen LogP contribution in [0.4, 0.5) is 0 Å². The molecule has 0 bridgehead atoms. The zero-order valence-electron chi connectivity index (χ0n) is 19.4. The molecule has 34 heavy (non-hydrogen) atoms. The fraction of sp³-hybridized carbons (Fsp3) is 0.148. The van der Waals surface area contributed by atoms with Gasteiger partial charge >= 0.3 is 0 Å². The number of hydrogen-bond donors (Lipinski definition) is 3. The molecule has 5 rings (SSSR count). The van der Waals surface area contributed by atoms with E-state index in [-0.39, 0.29) is 0 Å². The van der Waals surface area contributed by atoms with Crippen molar-refractivity contribution in [3.05, 3.63) is 83.6 Å². The van der Waals surface area contributed by atoms with E-state index in [4.69, 9.17) is 4.98 Å². The molecule has 0 unspecified atom stereocenters. The topological polar surface area (TPSA) is 82.3 Å². The van der Waals surface area contributed by atoms with E-state index in [1.807, 2.05) is 37.5 Å². The predicted octanol–water partition coefficient (Wildman–Crippen LogP) is 6.70. The maximum atomic E-state index is 4.99. The number of nitrogens with zero attached hydrogens (tertiary/aromatic N) is 3. The van der Waals surface area contributed by atoms with Gasteiger partial charge in [-0.2, -0.15) is 16.4 Å². The van der Waals surface area contributed by atoms with Crippen LogP contribution in [0.25, 0.3) is 50.0 Å². The van der Waals surface area contributed by atoms with Gasteiger partial charge in [-0.1, -0.05) is 12.7 Å². The minimum atomic E-state index is 0.314. The lowest BCUT2D eigenvalue weighted by atomic mass is 10.1. The third kappa shape index (κ3) is 4.06. The number of rotatable bonds is 7. The quantitative estimate of drug-likeness (QED) is 0.233. The van der Waals surface area contributed by atoms with Crippen LogP contribution in [0.5, 0.6) is 0 Å². The second kappa shape index (κ2) is 9.11. The molecule has 0 saturated carbocycles. The SMILES string of the molecule is C=C/C(=C\C(=C/C)c1ccc2[nH]nc(-c3cc4c(-c5ccsc5)cncc4[nH]3)c2n1)NC(C)C.